The Morgan fingerprint density at radius 1 is 1.39 bits per heavy atom. The Bertz CT molecular complexity index is 937. The van der Waals surface area contributed by atoms with E-state index in [4.69, 9.17) is 10.5 Å². The number of ether oxygens (including phenoxy) is 1. The summed E-state index contributed by atoms with van der Waals surface area (Å²) >= 11 is 1.16. The summed E-state index contributed by atoms with van der Waals surface area (Å²) in [5, 5.41) is 2.45. The van der Waals surface area contributed by atoms with Gasteiger partial charge in [-0.2, -0.15) is 0 Å². The highest BCUT2D eigenvalue weighted by Gasteiger charge is 2.28. The van der Waals surface area contributed by atoms with E-state index in [1.54, 1.807) is 22.8 Å². The number of benzene rings is 1. The van der Waals surface area contributed by atoms with Gasteiger partial charge in [0.2, 0.25) is 5.91 Å². The van der Waals surface area contributed by atoms with E-state index in [1.165, 1.54) is 0 Å². The highest BCUT2D eigenvalue weighted by atomic mass is 32.2. The third kappa shape index (κ3) is 4.53. The van der Waals surface area contributed by atoms with E-state index in [9.17, 15) is 14.4 Å². The van der Waals surface area contributed by atoms with Crippen molar-refractivity contribution in [1.82, 2.24) is 14.9 Å². The van der Waals surface area contributed by atoms with Gasteiger partial charge in [-0.15, -0.1) is 0 Å². The number of urea groups is 1. The second-order valence-electron chi connectivity index (χ2n) is 7.10. The maximum atomic E-state index is 13.1. The zero-order chi connectivity index (χ0) is 20.3. The molecule has 0 bridgehead atoms. The van der Waals surface area contributed by atoms with Crippen molar-refractivity contribution in [2.45, 2.75) is 49.7 Å². The molecule has 3 amide bonds. The fraction of sp³-hybridized carbons (Fsp3) is 0.474. The monoisotopic (exact) mass is 404 g/mol. The number of carbonyl (C=O) groups excluding carboxylic acids is 2. The van der Waals surface area contributed by atoms with Crippen molar-refractivity contribution in [2.75, 3.05) is 6.61 Å². The summed E-state index contributed by atoms with van der Waals surface area (Å²) in [6.07, 6.45) is 1.77. The van der Waals surface area contributed by atoms with Crippen LogP contribution >= 0.6 is 11.8 Å². The maximum Gasteiger partial charge on any atom is 0.318 e. The van der Waals surface area contributed by atoms with Crippen LogP contribution in [0, 0.1) is 5.92 Å². The number of nitrogens with two attached hydrogens (primary N) is 1. The van der Waals surface area contributed by atoms with Gasteiger partial charge in [0.1, 0.15) is 0 Å². The SMILES string of the molecule is CC(C)[C@H](Sc1nc2ccccc2c(=O)n1C[C@H]1CCCO1)C(=O)NC(N)=O. The maximum absolute atomic E-state index is 13.1. The molecule has 1 aromatic heterocycles. The van der Waals surface area contributed by atoms with Crippen molar-refractivity contribution >= 4 is 34.6 Å². The number of hydrogen-bond acceptors (Lipinski definition) is 6. The number of carbonyl (C=O) groups is 2. The van der Waals surface area contributed by atoms with Gasteiger partial charge in [-0.3, -0.25) is 19.5 Å². The number of nitrogens with zero attached hydrogens (tertiary/aromatic N) is 2. The summed E-state index contributed by atoms with van der Waals surface area (Å²) in [4.78, 5) is 41.3. The van der Waals surface area contributed by atoms with E-state index in [0.717, 1.165) is 24.6 Å². The van der Waals surface area contributed by atoms with E-state index >= 15 is 0 Å². The number of thioether (sulfide) groups is 1. The zero-order valence-corrected chi connectivity index (χ0v) is 16.7. The Morgan fingerprint density at radius 3 is 2.79 bits per heavy atom. The van der Waals surface area contributed by atoms with Crippen LogP contribution in [-0.4, -0.2) is 39.5 Å². The van der Waals surface area contributed by atoms with E-state index < -0.39 is 17.2 Å². The van der Waals surface area contributed by atoms with Crippen molar-refractivity contribution in [3.63, 3.8) is 0 Å². The molecular weight excluding hydrogens is 380 g/mol. The average Bonchev–Trinajstić information content (AvgIpc) is 3.14. The number of aromatic nitrogens is 2. The molecule has 0 radical (unpaired) electrons. The fourth-order valence-electron chi connectivity index (χ4n) is 3.19. The predicted molar refractivity (Wildman–Crippen MR) is 107 cm³/mol. The van der Waals surface area contributed by atoms with Crippen LogP contribution in [0.25, 0.3) is 10.9 Å². The van der Waals surface area contributed by atoms with Gasteiger partial charge >= 0.3 is 6.03 Å². The quantitative estimate of drug-likeness (QED) is 0.561. The number of fused-ring (bicyclic) bond motifs is 1. The molecule has 1 saturated heterocycles. The van der Waals surface area contributed by atoms with Gasteiger partial charge in [0, 0.05) is 6.61 Å². The van der Waals surface area contributed by atoms with Gasteiger partial charge in [-0.25, -0.2) is 9.78 Å². The van der Waals surface area contributed by atoms with Crippen LogP contribution in [0.2, 0.25) is 0 Å². The Hall–Kier alpha value is -2.39. The van der Waals surface area contributed by atoms with Gasteiger partial charge in [-0.05, 0) is 30.9 Å². The molecule has 28 heavy (non-hydrogen) atoms. The molecule has 150 valence electrons. The number of hydrogen-bond donors (Lipinski definition) is 2. The molecular formula is C19H24N4O4S. The third-order valence-corrected chi connectivity index (χ3v) is 6.11. The van der Waals surface area contributed by atoms with Gasteiger partial charge in [0.15, 0.2) is 5.16 Å². The first kappa shape index (κ1) is 20.3. The first-order valence-corrected chi connectivity index (χ1v) is 10.1. The first-order valence-electron chi connectivity index (χ1n) is 9.25. The molecule has 1 fully saturated rings. The number of para-hydroxylation sites is 1. The molecule has 1 aliphatic rings. The molecule has 3 N–H and O–H groups in total. The summed E-state index contributed by atoms with van der Waals surface area (Å²) < 4.78 is 7.27. The Labute approximate surface area is 166 Å². The number of nitrogens with one attached hydrogen (secondary N) is 1. The minimum absolute atomic E-state index is 0.0584. The van der Waals surface area contributed by atoms with Crippen LogP contribution < -0.4 is 16.6 Å². The standard InChI is InChI=1S/C19H24N4O4S/c1-11(2)15(16(24)22-18(20)26)28-19-21-14-8-4-3-7-13(14)17(25)23(19)10-12-6-5-9-27-12/h3-4,7-8,11-12,15H,5-6,9-10H2,1-2H3,(H3,20,22,24,26)/t12-,15+/m1/s1. The van der Waals surface area contributed by atoms with E-state index in [0.29, 0.717) is 29.2 Å². The molecule has 0 spiro atoms. The molecule has 3 rings (SSSR count). The molecule has 0 saturated carbocycles. The summed E-state index contributed by atoms with van der Waals surface area (Å²) in [7, 11) is 0. The number of imide groups is 1. The van der Waals surface area contributed by atoms with Crippen molar-refractivity contribution in [2.24, 2.45) is 11.7 Å². The molecule has 0 unspecified atom stereocenters. The van der Waals surface area contributed by atoms with Crippen LogP contribution in [0.5, 0.6) is 0 Å². The lowest BCUT2D eigenvalue weighted by atomic mass is 10.1. The van der Waals surface area contributed by atoms with E-state index in [1.807, 2.05) is 19.9 Å². The molecule has 8 nitrogen and oxygen atoms in total. The van der Waals surface area contributed by atoms with E-state index in [2.05, 4.69) is 10.3 Å². The van der Waals surface area contributed by atoms with Crippen LogP contribution in [0.3, 0.4) is 0 Å². The van der Waals surface area contributed by atoms with Crippen molar-refractivity contribution in [1.29, 1.82) is 0 Å². The molecule has 1 aliphatic heterocycles. The lowest BCUT2D eigenvalue weighted by Gasteiger charge is -2.22. The largest absolute Gasteiger partial charge is 0.376 e. The topological polar surface area (TPSA) is 116 Å². The van der Waals surface area contributed by atoms with Crippen LogP contribution in [0.4, 0.5) is 4.79 Å². The van der Waals surface area contributed by atoms with Crippen LogP contribution in [0.15, 0.2) is 34.2 Å². The van der Waals surface area contributed by atoms with Gasteiger partial charge in [0.05, 0.1) is 28.8 Å². The van der Waals surface area contributed by atoms with Crippen LogP contribution in [0.1, 0.15) is 26.7 Å². The number of amides is 3. The average molecular weight is 404 g/mol. The highest BCUT2D eigenvalue weighted by molar-refractivity contribution is 8.00. The summed E-state index contributed by atoms with van der Waals surface area (Å²) in [5.41, 5.74) is 5.50. The molecule has 9 heteroatoms. The smallest absolute Gasteiger partial charge is 0.318 e. The molecule has 2 heterocycles. The second kappa shape index (κ2) is 8.74. The number of rotatable bonds is 6. The molecule has 2 aromatic rings. The van der Waals surface area contributed by atoms with Gasteiger partial charge < -0.3 is 10.5 Å². The molecule has 2 atom stereocenters. The summed E-state index contributed by atoms with van der Waals surface area (Å²) in [6.45, 7) is 4.78. The van der Waals surface area contributed by atoms with Crippen molar-refractivity contribution < 1.29 is 14.3 Å². The Morgan fingerprint density at radius 2 is 2.14 bits per heavy atom. The number of primary amides is 1. The lowest BCUT2D eigenvalue weighted by molar-refractivity contribution is -0.120. The third-order valence-electron chi connectivity index (χ3n) is 4.58. The van der Waals surface area contributed by atoms with Crippen LogP contribution in [-0.2, 0) is 16.1 Å². The zero-order valence-electron chi connectivity index (χ0n) is 15.9. The molecule has 1 aromatic carbocycles. The normalized spacial score (nSPS) is 17.8. The van der Waals surface area contributed by atoms with Gasteiger partial charge in [-0.1, -0.05) is 37.7 Å². The van der Waals surface area contributed by atoms with Gasteiger partial charge in [0.25, 0.3) is 5.56 Å². The molecule has 0 aliphatic carbocycles. The second-order valence-corrected chi connectivity index (χ2v) is 8.21. The summed E-state index contributed by atoms with van der Waals surface area (Å²) in [5.74, 6) is -0.609. The lowest BCUT2D eigenvalue weighted by Crippen LogP contribution is -2.42. The van der Waals surface area contributed by atoms with E-state index in [-0.39, 0.29) is 17.6 Å². The minimum Gasteiger partial charge on any atom is -0.376 e. The highest BCUT2D eigenvalue weighted by Crippen LogP contribution is 2.28. The Balaban J connectivity index is 2.02. The Kier molecular flexibility index (Phi) is 6.35. The summed E-state index contributed by atoms with van der Waals surface area (Å²) in [6, 6.07) is 6.22. The minimum atomic E-state index is -0.903. The first-order chi connectivity index (χ1) is 13.4. The van der Waals surface area contributed by atoms with Crippen molar-refractivity contribution in [3.05, 3.63) is 34.6 Å². The predicted octanol–water partition coefficient (Wildman–Crippen LogP) is 1.89. The fourth-order valence-corrected chi connectivity index (χ4v) is 4.29. The van der Waals surface area contributed by atoms with Crippen molar-refractivity contribution in [3.8, 4) is 0 Å².